The van der Waals surface area contributed by atoms with Crippen molar-refractivity contribution < 1.29 is 9.53 Å². The van der Waals surface area contributed by atoms with Crippen LogP contribution in [-0.4, -0.2) is 17.5 Å². The lowest BCUT2D eigenvalue weighted by molar-refractivity contribution is -0.123. The van der Waals surface area contributed by atoms with Gasteiger partial charge in [0, 0.05) is 18.0 Å². The molecule has 114 valence electrons. The molecule has 1 N–H and O–H groups in total. The highest BCUT2D eigenvalue weighted by molar-refractivity contribution is 5.83. The van der Waals surface area contributed by atoms with Gasteiger partial charge in [0.15, 0.2) is 0 Å². The Balaban J connectivity index is 1.76. The standard InChI is InChI=1S/C18H20N2O2/c1-13(14-8-10-19-11-9-14)18(21)20-16-6-4-12-22-17-7-3-2-5-15(16)17/h2-3,5,7-11,13,16H,4,6,12H2,1H3,(H,20,21). The summed E-state index contributed by atoms with van der Waals surface area (Å²) in [6.45, 7) is 2.62. The van der Waals surface area contributed by atoms with Crippen molar-refractivity contribution in [1.29, 1.82) is 0 Å². The molecule has 0 fully saturated rings. The van der Waals surface area contributed by atoms with Crippen LogP contribution in [0, 0.1) is 0 Å². The molecule has 1 amide bonds. The van der Waals surface area contributed by atoms with Crippen molar-refractivity contribution in [2.75, 3.05) is 6.61 Å². The molecule has 0 radical (unpaired) electrons. The molecule has 0 saturated heterocycles. The highest BCUT2D eigenvalue weighted by atomic mass is 16.5. The summed E-state index contributed by atoms with van der Waals surface area (Å²) in [5.41, 5.74) is 2.04. The molecule has 2 heterocycles. The van der Waals surface area contributed by atoms with Crippen molar-refractivity contribution in [3.63, 3.8) is 0 Å². The Morgan fingerprint density at radius 2 is 2.05 bits per heavy atom. The lowest BCUT2D eigenvalue weighted by Gasteiger charge is -2.21. The Kier molecular flexibility index (Phi) is 4.37. The number of amides is 1. The molecular formula is C18H20N2O2. The van der Waals surface area contributed by atoms with Gasteiger partial charge in [-0.15, -0.1) is 0 Å². The number of aromatic nitrogens is 1. The Bertz CT molecular complexity index is 643. The van der Waals surface area contributed by atoms with E-state index in [1.807, 2.05) is 43.3 Å². The number of para-hydroxylation sites is 1. The molecule has 1 aliphatic rings. The van der Waals surface area contributed by atoms with Crippen molar-refractivity contribution in [1.82, 2.24) is 10.3 Å². The maximum absolute atomic E-state index is 12.6. The second-order valence-corrected chi connectivity index (χ2v) is 5.59. The van der Waals surface area contributed by atoms with Crippen LogP contribution < -0.4 is 10.1 Å². The van der Waals surface area contributed by atoms with E-state index in [0.29, 0.717) is 6.61 Å². The van der Waals surface area contributed by atoms with E-state index in [-0.39, 0.29) is 17.9 Å². The highest BCUT2D eigenvalue weighted by Gasteiger charge is 2.23. The monoisotopic (exact) mass is 296 g/mol. The van der Waals surface area contributed by atoms with E-state index in [1.165, 1.54) is 0 Å². The largest absolute Gasteiger partial charge is 0.493 e. The molecule has 0 saturated carbocycles. The summed E-state index contributed by atoms with van der Waals surface area (Å²) in [5.74, 6) is 0.717. The first-order valence-electron chi connectivity index (χ1n) is 7.67. The molecular weight excluding hydrogens is 276 g/mol. The second-order valence-electron chi connectivity index (χ2n) is 5.59. The van der Waals surface area contributed by atoms with Crippen molar-refractivity contribution >= 4 is 5.91 Å². The number of nitrogens with one attached hydrogen (secondary N) is 1. The van der Waals surface area contributed by atoms with E-state index in [0.717, 1.165) is 29.7 Å². The summed E-state index contributed by atoms with van der Waals surface area (Å²) in [4.78, 5) is 16.6. The van der Waals surface area contributed by atoms with E-state index < -0.39 is 0 Å². The molecule has 3 rings (SSSR count). The number of hydrogen-bond acceptors (Lipinski definition) is 3. The predicted molar refractivity (Wildman–Crippen MR) is 84.7 cm³/mol. The molecule has 0 aliphatic carbocycles. The quantitative estimate of drug-likeness (QED) is 0.946. The van der Waals surface area contributed by atoms with E-state index in [9.17, 15) is 4.79 Å². The van der Waals surface area contributed by atoms with Crippen LogP contribution in [0.1, 0.15) is 42.9 Å². The van der Waals surface area contributed by atoms with Gasteiger partial charge in [0.25, 0.3) is 0 Å². The number of benzene rings is 1. The number of pyridine rings is 1. The minimum atomic E-state index is -0.195. The topological polar surface area (TPSA) is 51.2 Å². The minimum Gasteiger partial charge on any atom is -0.493 e. The molecule has 4 heteroatoms. The third kappa shape index (κ3) is 3.11. The molecule has 2 unspecified atom stereocenters. The van der Waals surface area contributed by atoms with E-state index >= 15 is 0 Å². The van der Waals surface area contributed by atoms with Gasteiger partial charge in [-0.2, -0.15) is 0 Å². The van der Waals surface area contributed by atoms with Gasteiger partial charge in [-0.25, -0.2) is 0 Å². The van der Waals surface area contributed by atoms with Gasteiger partial charge < -0.3 is 10.1 Å². The lowest BCUT2D eigenvalue weighted by Crippen LogP contribution is -2.31. The number of ether oxygens (including phenoxy) is 1. The van der Waals surface area contributed by atoms with Crippen molar-refractivity contribution in [3.05, 3.63) is 59.9 Å². The normalized spacial score (nSPS) is 18.5. The zero-order valence-electron chi connectivity index (χ0n) is 12.7. The van der Waals surface area contributed by atoms with Crippen molar-refractivity contribution in [2.45, 2.75) is 31.7 Å². The van der Waals surface area contributed by atoms with Gasteiger partial charge in [0.2, 0.25) is 5.91 Å². The average molecular weight is 296 g/mol. The fourth-order valence-electron chi connectivity index (χ4n) is 2.78. The Labute approximate surface area is 130 Å². The first-order valence-corrected chi connectivity index (χ1v) is 7.67. The predicted octanol–water partition coefficient (Wildman–Crippen LogP) is 3.22. The molecule has 0 spiro atoms. The number of carbonyl (C=O) groups excluding carboxylic acids is 1. The van der Waals surface area contributed by atoms with Crippen LogP contribution in [0.15, 0.2) is 48.8 Å². The first-order chi connectivity index (χ1) is 10.8. The van der Waals surface area contributed by atoms with Gasteiger partial charge in [0.1, 0.15) is 5.75 Å². The highest BCUT2D eigenvalue weighted by Crippen LogP contribution is 2.31. The average Bonchev–Trinajstić information content (AvgIpc) is 2.77. The summed E-state index contributed by atoms with van der Waals surface area (Å²) in [7, 11) is 0. The molecule has 1 aliphatic heterocycles. The number of carbonyl (C=O) groups is 1. The van der Waals surface area contributed by atoms with Gasteiger partial charge in [-0.1, -0.05) is 18.2 Å². The van der Waals surface area contributed by atoms with Crippen LogP contribution in [0.25, 0.3) is 0 Å². The Hall–Kier alpha value is -2.36. The number of nitrogens with zero attached hydrogens (tertiary/aromatic N) is 1. The molecule has 1 aromatic carbocycles. The molecule has 22 heavy (non-hydrogen) atoms. The fraction of sp³-hybridized carbons (Fsp3) is 0.333. The van der Waals surface area contributed by atoms with Crippen LogP contribution in [0.3, 0.4) is 0 Å². The van der Waals surface area contributed by atoms with Crippen LogP contribution in [0.2, 0.25) is 0 Å². The maximum Gasteiger partial charge on any atom is 0.227 e. The van der Waals surface area contributed by atoms with E-state index in [1.54, 1.807) is 12.4 Å². The first kappa shape index (κ1) is 14.6. The molecule has 1 aromatic heterocycles. The van der Waals surface area contributed by atoms with Crippen molar-refractivity contribution in [3.8, 4) is 5.75 Å². The van der Waals surface area contributed by atoms with Crippen molar-refractivity contribution in [2.24, 2.45) is 0 Å². The third-order valence-electron chi connectivity index (χ3n) is 4.11. The van der Waals surface area contributed by atoms with Crippen LogP contribution in [-0.2, 0) is 4.79 Å². The summed E-state index contributed by atoms with van der Waals surface area (Å²) in [6.07, 6.45) is 5.26. The van der Waals surface area contributed by atoms with E-state index in [2.05, 4.69) is 10.3 Å². The molecule has 4 nitrogen and oxygen atoms in total. The van der Waals surface area contributed by atoms with Crippen LogP contribution >= 0.6 is 0 Å². The van der Waals surface area contributed by atoms with Gasteiger partial charge >= 0.3 is 0 Å². The summed E-state index contributed by atoms with van der Waals surface area (Å²) < 4.78 is 5.75. The zero-order chi connectivity index (χ0) is 15.4. The van der Waals surface area contributed by atoms with Gasteiger partial charge in [0.05, 0.1) is 18.6 Å². The number of fused-ring (bicyclic) bond motifs is 1. The maximum atomic E-state index is 12.6. The third-order valence-corrected chi connectivity index (χ3v) is 4.11. The summed E-state index contributed by atoms with van der Waals surface area (Å²) in [6, 6.07) is 11.7. The molecule has 0 bridgehead atoms. The Morgan fingerprint density at radius 1 is 1.27 bits per heavy atom. The van der Waals surface area contributed by atoms with E-state index in [4.69, 9.17) is 4.74 Å². The SMILES string of the molecule is CC(C(=O)NC1CCCOc2ccccc21)c1ccncc1. The smallest absolute Gasteiger partial charge is 0.227 e. The Morgan fingerprint density at radius 3 is 2.86 bits per heavy atom. The summed E-state index contributed by atoms with van der Waals surface area (Å²) in [5, 5.41) is 3.17. The van der Waals surface area contributed by atoms with Crippen LogP contribution in [0.4, 0.5) is 0 Å². The minimum absolute atomic E-state index is 0.00971. The number of rotatable bonds is 3. The number of hydrogen-bond donors (Lipinski definition) is 1. The summed E-state index contributed by atoms with van der Waals surface area (Å²) >= 11 is 0. The molecule has 2 atom stereocenters. The second kappa shape index (κ2) is 6.60. The zero-order valence-corrected chi connectivity index (χ0v) is 12.7. The lowest BCUT2D eigenvalue weighted by atomic mass is 9.98. The fourth-order valence-corrected chi connectivity index (χ4v) is 2.78. The van der Waals surface area contributed by atoms with Gasteiger partial charge in [-0.3, -0.25) is 9.78 Å². The van der Waals surface area contributed by atoms with Crippen LogP contribution in [0.5, 0.6) is 5.75 Å². The molecule has 2 aromatic rings. The van der Waals surface area contributed by atoms with Gasteiger partial charge in [-0.05, 0) is 43.5 Å².